The lowest BCUT2D eigenvalue weighted by Gasteiger charge is -2.22. The minimum Gasteiger partial charge on any atom is -0.494 e. The van der Waals surface area contributed by atoms with Crippen molar-refractivity contribution < 1.29 is 19.1 Å². The molecule has 2 aliphatic rings. The summed E-state index contributed by atoms with van der Waals surface area (Å²) in [5.41, 5.74) is 7.91. The van der Waals surface area contributed by atoms with Gasteiger partial charge in [0, 0.05) is 37.0 Å². The van der Waals surface area contributed by atoms with Gasteiger partial charge in [-0.3, -0.25) is 14.3 Å². The second-order valence-corrected chi connectivity index (χ2v) is 8.66. The molecule has 1 aliphatic carbocycles. The van der Waals surface area contributed by atoms with E-state index in [1.165, 1.54) is 0 Å². The van der Waals surface area contributed by atoms with Crippen LogP contribution in [0.5, 0.6) is 5.75 Å². The third-order valence-corrected chi connectivity index (χ3v) is 6.16. The van der Waals surface area contributed by atoms with Crippen LogP contribution in [0.4, 0.5) is 17.2 Å². The van der Waals surface area contributed by atoms with Crippen LogP contribution in [0.25, 0.3) is 11.3 Å². The van der Waals surface area contributed by atoms with Gasteiger partial charge in [-0.2, -0.15) is 5.10 Å². The molecule has 4 N–H and O–H groups in total. The summed E-state index contributed by atoms with van der Waals surface area (Å²) in [4.78, 5) is 24.2. The molecule has 0 radical (unpaired) electrons. The summed E-state index contributed by atoms with van der Waals surface area (Å²) in [6, 6.07) is 9.38. The number of nitrogens with one attached hydrogen (secondary N) is 2. The summed E-state index contributed by atoms with van der Waals surface area (Å²) in [6.07, 6.45) is 5.53. The molecule has 182 valence electrons. The predicted octanol–water partition coefficient (Wildman–Crippen LogP) is 2.89. The zero-order valence-corrected chi connectivity index (χ0v) is 19.4. The third-order valence-electron chi connectivity index (χ3n) is 6.16. The summed E-state index contributed by atoms with van der Waals surface area (Å²) < 4.78 is 13.2. The Morgan fingerprint density at radius 2 is 1.91 bits per heavy atom. The third kappa shape index (κ3) is 4.94. The van der Waals surface area contributed by atoms with Crippen molar-refractivity contribution >= 4 is 29.0 Å². The van der Waals surface area contributed by atoms with E-state index in [-0.39, 0.29) is 23.3 Å². The molecule has 2 amide bonds. The van der Waals surface area contributed by atoms with Crippen molar-refractivity contribution in [2.75, 3.05) is 31.0 Å². The number of carbonyl (C=O) groups is 2. The van der Waals surface area contributed by atoms with E-state index in [1.807, 2.05) is 35.1 Å². The number of methoxy groups -OCH3 is 1. The SMILES string of the molecule is COc1c(Nc2cc(NC(=O)C3CC3)nnc2C(N)=O)cccc1-c1ccn(C2CCOCC2)n1. The number of aromatic nitrogens is 4. The van der Waals surface area contributed by atoms with Crippen LogP contribution in [0, 0.1) is 5.92 Å². The van der Waals surface area contributed by atoms with Crippen LogP contribution in [0.15, 0.2) is 36.5 Å². The van der Waals surface area contributed by atoms with Crippen molar-refractivity contribution in [3.8, 4) is 17.0 Å². The molecule has 1 aliphatic heterocycles. The molecular weight excluding hydrogens is 450 g/mol. The minimum absolute atomic E-state index is 0.00162. The fraction of sp³-hybridized carbons (Fsp3) is 0.375. The van der Waals surface area contributed by atoms with Gasteiger partial charge >= 0.3 is 0 Å². The summed E-state index contributed by atoms with van der Waals surface area (Å²) in [7, 11) is 1.57. The Morgan fingerprint density at radius 1 is 1.11 bits per heavy atom. The molecule has 11 heteroatoms. The lowest BCUT2D eigenvalue weighted by Crippen LogP contribution is -2.20. The lowest BCUT2D eigenvalue weighted by molar-refractivity contribution is -0.117. The number of nitrogens with two attached hydrogens (primary N) is 1. The highest BCUT2D eigenvalue weighted by Gasteiger charge is 2.30. The molecule has 0 bridgehead atoms. The molecular formula is C24H27N7O4. The normalized spacial score (nSPS) is 16.0. The Labute approximate surface area is 202 Å². The molecule has 1 saturated carbocycles. The monoisotopic (exact) mass is 477 g/mol. The number of carbonyl (C=O) groups excluding carboxylic acids is 2. The number of rotatable bonds is 8. The van der Waals surface area contributed by atoms with E-state index in [0.717, 1.165) is 50.2 Å². The van der Waals surface area contributed by atoms with Crippen molar-refractivity contribution in [1.29, 1.82) is 0 Å². The maximum atomic E-state index is 12.2. The molecule has 2 aromatic heterocycles. The molecule has 3 heterocycles. The zero-order chi connectivity index (χ0) is 24.4. The Bertz CT molecular complexity index is 1250. The van der Waals surface area contributed by atoms with Gasteiger partial charge in [0.2, 0.25) is 5.91 Å². The molecule has 0 unspecified atom stereocenters. The zero-order valence-electron chi connectivity index (χ0n) is 19.4. The van der Waals surface area contributed by atoms with Gasteiger partial charge < -0.3 is 25.8 Å². The highest BCUT2D eigenvalue weighted by Crippen LogP contribution is 2.38. The van der Waals surface area contributed by atoms with Crippen LogP contribution >= 0.6 is 0 Å². The van der Waals surface area contributed by atoms with Gasteiger partial charge in [-0.15, -0.1) is 10.2 Å². The number of primary amides is 1. The maximum Gasteiger partial charge on any atom is 0.271 e. The first kappa shape index (κ1) is 22.8. The average molecular weight is 478 g/mol. The number of para-hydroxylation sites is 1. The maximum absolute atomic E-state index is 12.2. The van der Waals surface area contributed by atoms with Gasteiger partial charge in [0.1, 0.15) is 0 Å². The van der Waals surface area contributed by atoms with E-state index < -0.39 is 5.91 Å². The second kappa shape index (κ2) is 9.71. The topological polar surface area (TPSA) is 146 Å². The molecule has 1 aromatic carbocycles. The van der Waals surface area contributed by atoms with Crippen molar-refractivity contribution in [3.63, 3.8) is 0 Å². The first-order valence-corrected chi connectivity index (χ1v) is 11.6. The van der Waals surface area contributed by atoms with Gasteiger partial charge in [-0.1, -0.05) is 6.07 Å². The molecule has 0 atom stereocenters. The predicted molar refractivity (Wildman–Crippen MR) is 128 cm³/mol. The van der Waals surface area contributed by atoms with Gasteiger partial charge in [0.25, 0.3) is 5.91 Å². The van der Waals surface area contributed by atoms with Gasteiger partial charge in [-0.05, 0) is 43.9 Å². The first-order valence-electron chi connectivity index (χ1n) is 11.6. The number of benzene rings is 1. The number of hydrogen-bond acceptors (Lipinski definition) is 8. The summed E-state index contributed by atoms with van der Waals surface area (Å²) >= 11 is 0. The van der Waals surface area contributed by atoms with E-state index in [4.69, 9.17) is 20.3 Å². The molecule has 1 saturated heterocycles. The van der Waals surface area contributed by atoms with E-state index in [2.05, 4.69) is 20.8 Å². The number of nitrogens with zero attached hydrogens (tertiary/aromatic N) is 4. The highest BCUT2D eigenvalue weighted by atomic mass is 16.5. The van der Waals surface area contributed by atoms with Gasteiger partial charge in [-0.25, -0.2) is 0 Å². The Morgan fingerprint density at radius 3 is 2.63 bits per heavy atom. The lowest BCUT2D eigenvalue weighted by atomic mass is 10.1. The first-order chi connectivity index (χ1) is 17.0. The molecule has 35 heavy (non-hydrogen) atoms. The van der Waals surface area contributed by atoms with Crippen molar-refractivity contribution in [2.24, 2.45) is 11.7 Å². The molecule has 5 rings (SSSR count). The smallest absolute Gasteiger partial charge is 0.271 e. The van der Waals surface area contributed by atoms with Crippen molar-refractivity contribution in [2.45, 2.75) is 31.7 Å². The Hall–Kier alpha value is -3.99. The summed E-state index contributed by atoms with van der Waals surface area (Å²) in [5.74, 6) is -0.0795. The molecule has 11 nitrogen and oxygen atoms in total. The number of anilines is 3. The van der Waals surface area contributed by atoms with E-state index in [1.54, 1.807) is 13.2 Å². The van der Waals surface area contributed by atoms with Crippen LogP contribution in [-0.4, -0.2) is 52.1 Å². The highest BCUT2D eigenvalue weighted by molar-refractivity contribution is 5.99. The second-order valence-electron chi connectivity index (χ2n) is 8.66. The van der Waals surface area contributed by atoms with Crippen LogP contribution in [-0.2, 0) is 9.53 Å². The Balaban J connectivity index is 1.45. The molecule has 3 aromatic rings. The summed E-state index contributed by atoms with van der Waals surface area (Å²) in [5, 5.41) is 18.6. The fourth-order valence-corrected chi connectivity index (χ4v) is 4.14. The van der Waals surface area contributed by atoms with Gasteiger partial charge in [0.15, 0.2) is 17.3 Å². The fourth-order valence-electron chi connectivity index (χ4n) is 4.14. The number of ether oxygens (including phenoxy) is 2. The standard InChI is InChI=1S/C24H27N7O4/c1-34-22-16(17-7-10-31(30-17)15-8-11-35-12-9-15)3-2-4-18(22)26-19-13-20(27-24(33)14-5-6-14)28-29-21(19)23(25)32/h2-4,7,10,13-15H,5-6,8-9,11-12H2,1H3,(H2,25,32)(H2,26,27,28,33). The van der Waals surface area contributed by atoms with E-state index >= 15 is 0 Å². The molecule has 2 fully saturated rings. The van der Waals surface area contributed by atoms with Crippen LogP contribution in [0.1, 0.15) is 42.2 Å². The van der Waals surface area contributed by atoms with Gasteiger partial charge in [0.05, 0.1) is 30.2 Å². The van der Waals surface area contributed by atoms with Crippen LogP contribution in [0.3, 0.4) is 0 Å². The van der Waals surface area contributed by atoms with E-state index in [9.17, 15) is 9.59 Å². The largest absolute Gasteiger partial charge is 0.494 e. The number of hydrogen-bond donors (Lipinski definition) is 3. The van der Waals surface area contributed by atoms with Crippen LogP contribution < -0.4 is 21.1 Å². The van der Waals surface area contributed by atoms with Crippen LogP contribution in [0.2, 0.25) is 0 Å². The number of amides is 2. The Kier molecular flexibility index (Phi) is 6.32. The minimum atomic E-state index is -0.745. The van der Waals surface area contributed by atoms with Crippen molar-refractivity contribution in [1.82, 2.24) is 20.0 Å². The quantitative estimate of drug-likeness (QED) is 0.449. The average Bonchev–Trinajstić information content (AvgIpc) is 3.61. The summed E-state index contributed by atoms with van der Waals surface area (Å²) in [6.45, 7) is 1.46. The van der Waals surface area contributed by atoms with E-state index in [0.29, 0.717) is 23.2 Å². The molecule has 0 spiro atoms. The van der Waals surface area contributed by atoms with Crippen molar-refractivity contribution in [3.05, 3.63) is 42.2 Å².